The summed E-state index contributed by atoms with van der Waals surface area (Å²) in [7, 11) is 0. The van der Waals surface area contributed by atoms with Crippen molar-refractivity contribution < 1.29 is 4.74 Å². The van der Waals surface area contributed by atoms with Crippen LogP contribution in [0.25, 0.3) is 0 Å². The van der Waals surface area contributed by atoms with Gasteiger partial charge in [0.2, 0.25) is 0 Å². The summed E-state index contributed by atoms with van der Waals surface area (Å²) in [6.45, 7) is 12.3. The van der Waals surface area contributed by atoms with Crippen LogP contribution in [0.3, 0.4) is 0 Å². The normalized spacial score (nSPS) is 18.7. The average Bonchev–Trinajstić information content (AvgIpc) is 3.17. The van der Waals surface area contributed by atoms with Crippen LogP contribution in [-0.4, -0.2) is 18.9 Å². The third-order valence-corrected chi connectivity index (χ3v) is 5.66. The summed E-state index contributed by atoms with van der Waals surface area (Å²) in [5.74, 6) is 1.27. The predicted octanol–water partition coefficient (Wildman–Crippen LogP) is 8.01. The number of hydrogen-bond acceptors (Lipinski definition) is 2. The molecule has 0 aromatic rings. The van der Waals surface area contributed by atoms with E-state index in [4.69, 9.17) is 4.74 Å². The molecule has 0 aliphatic heterocycles. The number of aliphatic imine (C=N–C) groups is 1. The first kappa shape index (κ1) is 24.7. The maximum atomic E-state index is 6.22. The zero-order valence-electron chi connectivity index (χ0n) is 20.0. The fourth-order valence-corrected chi connectivity index (χ4v) is 3.63. The van der Waals surface area contributed by atoms with Crippen LogP contribution in [0.5, 0.6) is 0 Å². The van der Waals surface area contributed by atoms with E-state index in [0.717, 1.165) is 38.0 Å². The van der Waals surface area contributed by atoms with Gasteiger partial charge >= 0.3 is 0 Å². The first-order valence-electron chi connectivity index (χ1n) is 11.6. The van der Waals surface area contributed by atoms with E-state index in [2.05, 4.69) is 106 Å². The predicted molar refractivity (Wildman–Crippen MR) is 136 cm³/mol. The van der Waals surface area contributed by atoms with Crippen LogP contribution < -0.4 is 0 Å². The summed E-state index contributed by atoms with van der Waals surface area (Å²) in [5, 5.41) is 0. The first-order chi connectivity index (χ1) is 15.0. The van der Waals surface area contributed by atoms with Gasteiger partial charge in [-0.2, -0.15) is 0 Å². The fourth-order valence-electron chi connectivity index (χ4n) is 3.63. The second-order valence-electron chi connectivity index (χ2n) is 8.25. The Hall–Kier alpha value is -2.61. The fraction of sp³-hybridized carbons (Fsp3) is 0.414. The van der Waals surface area contributed by atoms with Crippen LogP contribution in [0.4, 0.5) is 0 Å². The van der Waals surface area contributed by atoms with Gasteiger partial charge in [0, 0.05) is 24.6 Å². The van der Waals surface area contributed by atoms with Crippen LogP contribution in [-0.2, 0) is 4.74 Å². The van der Waals surface area contributed by atoms with E-state index in [1.807, 2.05) is 0 Å². The summed E-state index contributed by atoms with van der Waals surface area (Å²) in [5.41, 5.74) is 6.51. The topological polar surface area (TPSA) is 21.6 Å². The molecule has 0 amide bonds. The van der Waals surface area contributed by atoms with E-state index < -0.39 is 0 Å². The van der Waals surface area contributed by atoms with Gasteiger partial charge in [0.15, 0.2) is 0 Å². The third kappa shape index (κ3) is 8.57. The Balaban J connectivity index is 2.09. The zero-order chi connectivity index (χ0) is 22.5. The highest BCUT2D eigenvalue weighted by Gasteiger charge is 2.13. The molecular weight excluding hydrogens is 378 g/mol. The van der Waals surface area contributed by atoms with Crippen molar-refractivity contribution in [2.45, 2.75) is 60.3 Å². The van der Waals surface area contributed by atoms with Gasteiger partial charge < -0.3 is 4.74 Å². The number of hydrogen-bond donors (Lipinski definition) is 0. The SMILES string of the molecule is C/C=C\C(COC1=CC=C(C/C(C)=N/CCC)CC=C1)=C(\C)[C@@H](C)C1=CC=CCC=C1. The molecule has 0 spiro atoms. The third-order valence-electron chi connectivity index (χ3n) is 5.66. The van der Waals surface area contributed by atoms with E-state index in [1.54, 1.807) is 0 Å². The molecule has 0 aromatic heterocycles. The lowest BCUT2D eigenvalue weighted by atomic mass is 9.89. The minimum absolute atomic E-state index is 0.351. The Morgan fingerprint density at radius 2 is 1.97 bits per heavy atom. The minimum Gasteiger partial charge on any atom is -0.489 e. The van der Waals surface area contributed by atoms with Gasteiger partial charge in [-0.3, -0.25) is 4.99 Å². The number of allylic oxidation sites excluding steroid dienone is 13. The van der Waals surface area contributed by atoms with Crippen LogP contribution in [0, 0.1) is 5.92 Å². The molecule has 2 aliphatic carbocycles. The molecule has 2 aliphatic rings. The Kier molecular flexibility index (Phi) is 10.9. The Labute approximate surface area is 189 Å². The molecular formula is C29H39NO. The Bertz CT molecular complexity index is 868. The van der Waals surface area contributed by atoms with Crippen LogP contribution in [0.15, 0.2) is 99.9 Å². The summed E-state index contributed by atoms with van der Waals surface area (Å²) in [4.78, 5) is 4.62. The maximum absolute atomic E-state index is 6.22. The van der Waals surface area contributed by atoms with Gasteiger partial charge in [-0.25, -0.2) is 0 Å². The van der Waals surface area contributed by atoms with Crippen LogP contribution in [0.1, 0.15) is 60.3 Å². The van der Waals surface area contributed by atoms with Crippen molar-refractivity contribution in [1.82, 2.24) is 0 Å². The minimum atomic E-state index is 0.351. The van der Waals surface area contributed by atoms with Crippen molar-refractivity contribution in [2.75, 3.05) is 13.2 Å². The summed E-state index contributed by atoms with van der Waals surface area (Å²) in [6.07, 6.45) is 27.9. The molecule has 0 unspecified atom stereocenters. The van der Waals surface area contributed by atoms with E-state index in [1.165, 1.54) is 28.0 Å². The molecule has 0 fully saturated rings. The van der Waals surface area contributed by atoms with Gasteiger partial charge in [0.05, 0.1) is 0 Å². The summed E-state index contributed by atoms with van der Waals surface area (Å²) in [6, 6.07) is 0. The molecule has 0 saturated carbocycles. The quantitative estimate of drug-likeness (QED) is 0.260. The molecule has 0 radical (unpaired) electrons. The van der Waals surface area contributed by atoms with E-state index in [0.29, 0.717) is 12.5 Å². The Morgan fingerprint density at radius 1 is 1.13 bits per heavy atom. The highest BCUT2D eigenvalue weighted by atomic mass is 16.5. The van der Waals surface area contributed by atoms with E-state index in [-0.39, 0.29) is 0 Å². The molecule has 0 saturated heterocycles. The molecule has 0 bridgehead atoms. The lowest BCUT2D eigenvalue weighted by Crippen LogP contribution is -2.06. The monoisotopic (exact) mass is 417 g/mol. The van der Waals surface area contributed by atoms with Gasteiger partial charge in [0.1, 0.15) is 12.4 Å². The Morgan fingerprint density at radius 3 is 2.74 bits per heavy atom. The van der Waals surface area contributed by atoms with Crippen molar-refractivity contribution in [2.24, 2.45) is 10.9 Å². The molecule has 31 heavy (non-hydrogen) atoms. The zero-order valence-corrected chi connectivity index (χ0v) is 20.0. The average molecular weight is 418 g/mol. The molecule has 0 heterocycles. The maximum Gasteiger partial charge on any atom is 0.119 e. The molecule has 2 rings (SSSR count). The van der Waals surface area contributed by atoms with Crippen molar-refractivity contribution in [3.05, 3.63) is 94.9 Å². The molecule has 1 atom stereocenters. The highest BCUT2D eigenvalue weighted by molar-refractivity contribution is 5.84. The highest BCUT2D eigenvalue weighted by Crippen LogP contribution is 2.26. The van der Waals surface area contributed by atoms with Gasteiger partial charge in [-0.1, -0.05) is 79.7 Å². The lowest BCUT2D eigenvalue weighted by molar-refractivity contribution is 0.254. The van der Waals surface area contributed by atoms with Crippen molar-refractivity contribution in [1.29, 1.82) is 0 Å². The van der Waals surface area contributed by atoms with Crippen molar-refractivity contribution in [3.8, 4) is 0 Å². The number of nitrogens with zero attached hydrogens (tertiary/aromatic N) is 1. The van der Waals surface area contributed by atoms with Gasteiger partial charge in [0.25, 0.3) is 0 Å². The summed E-state index contributed by atoms with van der Waals surface area (Å²) < 4.78 is 6.22. The van der Waals surface area contributed by atoms with Gasteiger partial charge in [-0.15, -0.1) is 0 Å². The van der Waals surface area contributed by atoms with Crippen molar-refractivity contribution >= 4 is 5.71 Å². The van der Waals surface area contributed by atoms with E-state index in [9.17, 15) is 0 Å². The molecule has 166 valence electrons. The molecule has 0 aromatic carbocycles. The van der Waals surface area contributed by atoms with Crippen molar-refractivity contribution in [3.63, 3.8) is 0 Å². The van der Waals surface area contributed by atoms with Crippen LogP contribution in [0.2, 0.25) is 0 Å². The first-order valence-corrected chi connectivity index (χ1v) is 11.6. The molecule has 2 heteroatoms. The summed E-state index contributed by atoms with van der Waals surface area (Å²) >= 11 is 0. The second-order valence-corrected chi connectivity index (χ2v) is 8.25. The standard InChI is InChI=1S/C29H39NO/c1-6-13-28(25(5)24(4)27-15-10-8-9-11-16-27)22-31-29-17-12-14-26(18-19-29)21-23(3)30-20-7-2/h6,8,10-13,15-19,24H,7,9,14,20-22H2,1-5H3/b13-6-,28-25+,30-23+/t24-/m1/s1. The van der Waals surface area contributed by atoms with Gasteiger partial charge in [-0.05, 0) is 63.3 Å². The van der Waals surface area contributed by atoms with Crippen LogP contribution >= 0.6 is 0 Å². The lowest BCUT2D eigenvalue weighted by Gasteiger charge is -2.18. The number of rotatable bonds is 10. The second kappa shape index (κ2) is 13.6. The van der Waals surface area contributed by atoms with E-state index >= 15 is 0 Å². The smallest absolute Gasteiger partial charge is 0.119 e. The number of ether oxygens (including phenoxy) is 1. The largest absolute Gasteiger partial charge is 0.489 e. The molecule has 0 N–H and O–H groups in total. The molecule has 2 nitrogen and oxygen atoms in total.